The number of methoxy groups -OCH3 is 1. The molecule has 0 fully saturated rings. The summed E-state index contributed by atoms with van der Waals surface area (Å²) in [5, 5.41) is 8.61. The molecule has 3 N–H and O–H groups in total. The van der Waals surface area contributed by atoms with E-state index in [0.717, 1.165) is 0 Å². The number of aliphatic carboxylic acids is 1. The number of rotatable bonds is 8. The summed E-state index contributed by atoms with van der Waals surface area (Å²) in [6, 6.07) is 6.13. The fraction of sp³-hybridized carbons (Fsp3) is 0.364. The number of anilines is 1. The van der Waals surface area contributed by atoms with Crippen molar-refractivity contribution in [3.05, 3.63) is 29.8 Å². The lowest BCUT2D eigenvalue weighted by Crippen LogP contribution is -2.32. The molecule has 1 aromatic carbocycles. The van der Waals surface area contributed by atoms with Gasteiger partial charge in [-0.2, -0.15) is 13.1 Å². The van der Waals surface area contributed by atoms with Crippen LogP contribution >= 0.6 is 0 Å². The SMILES string of the molecule is COCCNS(=O)(=O)Nc1ccc(CC(=O)O)cc1. The third-order valence-electron chi connectivity index (χ3n) is 2.16. The van der Waals surface area contributed by atoms with Crippen molar-refractivity contribution in [2.75, 3.05) is 25.0 Å². The molecule has 0 aliphatic heterocycles. The zero-order valence-corrected chi connectivity index (χ0v) is 11.2. The maximum absolute atomic E-state index is 11.6. The first-order valence-electron chi connectivity index (χ1n) is 5.50. The molecule has 0 atom stereocenters. The minimum absolute atomic E-state index is 0.0981. The van der Waals surface area contributed by atoms with Crippen LogP contribution < -0.4 is 9.44 Å². The van der Waals surface area contributed by atoms with Crippen molar-refractivity contribution < 1.29 is 23.1 Å². The van der Waals surface area contributed by atoms with E-state index in [2.05, 4.69) is 9.44 Å². The lowest BCUT2D eigenvalue weighted by molar-refractivity contribution is -0.136. The van der Waals surface area contributed by atoms with Gasteiger partial charge < -0.3 is 9.84 Å². The largest absolute Gasteiger partial charge is 0.481 e. The standard InChI is InChI=1S/C11H16N2O5S/c1-18-7-6-12-19(16,17)13-10-4-2-9(3-5-10)8-11(14)15/h2-5,12-13H,6-8H2,1H3,(H,14,15). The van der Waals surface area contributed by atoms with Crippen LogP contribution in [-0.4, -0.2) is 39.8 Å². The quantitative estimate of drug-likeness (QED) is 0.593. The Bertz CT molecular complexity index is 512. The van der Waals surface area contributed by atoms with Gasteiger partial charge in [-0.3, -0.25) is 9.52 Å². The van der Waals surface area contributed by atoms with Gasteiger partial charge in [0.2, 0.25) is 0 Å². The maximum Gasteiger partial charge on any atom is 0.307 e. The van der Waals surface area contributed by atoms with Gasteiger partial charge in [0, 0.05) is 19.3 Å². The highest BCUT2D eigenvalue weighted by Crippen LogP contribution is 2.11. The molecule has 0 saturated heterocycles. The van der Waals surface area contributed by atoms with Crippen molar-refractivity contribution in [1.29, 1.82) is 0 Å². The van der Waals surface area contributed by atoms with Crippen molar-refractivity contribution >= 4 is 21.9 Å². The number of carboxylic acid groups (broad SMARTS) is 1. The highest BCUT2D eigenvalue weighted by Gasteiger charge is 2.09. The number of nitrogens with one attached hydrogen (secondary N) is 2. The summed E-state index contributed by atoms with van der Waals surface area (Å²) in [4.78, 5) is 10.5. The van der Waals surface area contributed by atoms with Crippen LogP contribution in [-0.2, 0) is 26.2 Å². The molecular formula is C11H16N2O5S. The fourth-order valence-corrected chi connectivity index (χ4v) is 2.21. The number of benzene rings is 1. The van der Waals surface area contributed by atoms with Gasteiger partial charge >= 0.3 is 5.97 Å². The van der Waals surface area contributed by atoms with Gasteiger partial charge in [-0.1, -0.05) is 12.1 Å². The number of carboxylic acids is 1. The molecule has 19 heavy (non-hydrogen) atoms. The van der Waals surface area contributed by atoms with Crippen molar-refractivity contribution in [1.82, 2.24) is 4.72 Å². The molecule has 0 heterocycles. The van der Waals surface area contributed by atoms with Crippen LogP contribution in [0.4, 0.5) is 5.69 Å². The van der Waals surface area contributed by atoms with E-state index in [-0.39, 0.29) is 19.6 Å². The van der Waals surface area contributed by atoms with Gasteiger partial charge in [0.1, 0.15) is 0 Å². The molecule has 0 bridgehead atoms. The Morgan fingerprint density at radius 3 is 2.47 bits per heavy atom. The monoisotopic (exact) mass is 288 g/mol. The molecular weight excluding hydrogens is 272 g/mol. The summed E-state index contributed by atoms with van der Waals surface area (Å²) in [7, 11) is -2.16. The summed E-state index contributed by atoms with van der Waals surface area (Å²) in [5.74, 6) is -0.936. The summed E-state index contributed by atoms with van der Waals surface area (Å²) < 4.78 is 32.5. The van der Waals surface area contributed by atoms with E-state index < -0.39 is 16.2 Å². The van der Waals surface area contributed by atoms with Crippen LogP contribution in [0.1, 0.15) is 5.56 Å². The van der Waals surface area contributed by atoms with Crippen molar-refractivity contribution in [3.63, 3.8) is 0 Å². The Balaban J connectivity index is 2.59. The third kappa shape index (κ3) is 6.18. The highest BCUT2D eigenvalue weighted by molar-refractivity contribution is 7.90. The predicted octanol–water partition coefficient (Wildman–Crippen LogP) is 0.206. The van der Waals surface area contributed by atoms with Crippen LogP contribution in [0.15, 0.2) is 24.3 Å². The second-order valence-corrected chi connectivity index (χ2v) is 5.26. The molecule has 1 aromatic rings. The molecule has 0 unspecified atom stereocenters. The fourth-order valence-electron chi connectivity index (χ4n) is 1.33. The topological polar surface area (TPSA) is 105 Å². The van der Waals surface area contributed by atoms with Crippen LogP contribution in [0.25, 0.3) is 0 Å². The van der Waals surface area contributed by atoms with Crippen molar-refractivity contribution in [2.45, 2.75) is 6.42 Å². The Kier molecular flexibility index (Phi) is 5.74. The maximum atomic E-state index is 11.6. The van der Waals surface area contributed by atoms with E-state index in [0.29, 0.717) is 11.3 Å². The molecule has 0 saturated carbocycles. The Labute approximate surface area is 111 Å². The van der Waals surface area contributed by atoms with Gasteiger partial charge in [0.05, 0.1) is 13.0 Å². The smallest absolute Gasteiger partial charge is 0.307 e. The number of hydrogen-bond acceptors (Lipinski definition) is 4. The van der Waals surface area contributed by atoms with Gasteiger partial charge in [-0.15, -0.1) is 0 Å². The van der Waals surface area contributed by atoms with Gasteiger partial charge in [-0.25, -0.2) is 0 Å². The molecule has 0 radical (unpaired) electrons. The summed E-state index contributed by atoms with van der Waals surface area (Å²) in [5.41, 5.74) is 0.960. The van der Waals surface area contributed by atoms with Crippen LogP contribution in [0.5, 0.6) is 0 Å². The molecule has 106 valence electrons. The number of carbonyl (C=O) groups is 1. The second-order valence-electron chi connectivity index (χ2n) is 3.76. The minimum atomic E-state index is -3.64. The zero-order valence-electron chi connectivity index (χ0n) is 10.4. The molecule has 0 spiro atoms. The summed E-state index contributed by atoms with van der Waals surface area (Å²) in [6.07, 6.45) is -0.0981. The lowest BCUT2D eigenvalue weighted by atomic mass is 10.1. The first-order chi connectivity index (χ1) is 8.93. The van der Waals surface area contributed by atoms with Gasteiger partial charge in [0.15, 0.2) is 0 Å². The lowest BCUT2D eigenvalue weighted by Gasteiger charge is -2.09. The first kappa shape index (κ1) is 15.4. The Morgan fingerprint density at radius 2 is 1.95 bits per heavy atom. The van der Waals surface area contributed by atoms with Crippen LogP contribution in [0, 0.1) is 0 Å². The molecule has 0 aliphatic rings. The molecule has 0 aromatic heterocycles. The van der Waals surface area contributed by atoms with Crippen LogP contribution in [0.3, 0.4) is 0 Å². The Morgan fingerprint density at radius 1 is 1.32 bits per heavy atom. The zero-order chi connectivity index (χ0) is 14.3. The molecule has 8 heteroatoms. The van der Waals surface area contributed by atoms with Gasteiger partial charge in [0.25, 0.3) is 10.2 Å². The van der Waals surface area contributed by atoms with E-state index >= 15 is 0 Å². The normalized spacial score (nSPS) is 11.2. The Hall–Kier alpha value is -1.64. The summed E-state index contributed by atoms with van der Waals surface area (Å²) in [6.45, 7) is 0.446. The third-order valence-corrected chi connectivity index (χ3v) is 3.25. The minimum Gasteiger partial charge on any atom is -0.481 e. The number of hydrogen-bond donors (Lipinski definition) is 3. The predicted molar refractivity (Wildman–Crippen MR) is 70.2 cm³/mol. The van der Waals surface area contributed by atoms with Crippen molar-refractivity contribution in [3.8, 4) is 0 Å². The molecule has 0 aliphatic carbocycles. The van der Waals surface area contributed by atoms with E-state index in [4.69, 9.17) is 9.84 Å². The van der Waals surface area contributed by atoms with E-state index in [9.17, 15) is 13.2 Å². The second kappa shape index (κ2) is 7.07. The van der Waals surface area contributed by atoms with E-state index in [1.54, 1.807) is 12.1 Å². The molecule has 0 amide bonds. The highest BCUT2D eigenvalue weighted by atomic mass is 32.2. The molecule has 7 nitrogen and oxygen atoms in total. The van der Waals surface area contributed by atoms with E-state index in [1.165, 1.54) is 19.2 Å². The first-order valence-corrected chi connectivity index (χ1v) is 6.98. The van der Waals surface area contributed by atoms with Crippen LogP contribution in [0.2, 0.25) is 0 Å². The summed E-state index contributed by atoms with van der Waals surface area (Å²) >= 11 is 0. The van der Waals surface area contributed by atoms with Crippen molar-refractivity contribution in [2.24, 2.45) is 0 Å². The molecule has 1 rings (SSSR count). The average Bonchev–Trinajstić information content (AvgIpc) is 2.31. The van der Waals surface area contributed by atoms with E-state index in [1.807, 2.05) is 0 Å². The average molecular weight is 288 g/mol. The number of ether oxygens (including phenoxy) is 1. The van der Waals surface area contributed by atoms with Gasteiger partial charge in [-0.05, 0) is 17.7 Å².